The molecule has 1 N–H and O–H groups in total. The summed E-state index contributed by atoms with van der Waals surface area (Å²) < 4.78 is 5.29. The number of ether oxygens (including phenoxy) is 1. The zero-order chi connectivity index (χ0) is 13.6. The van der Waals surface area contributed by atoms with Gasteiger partial charge in [0.15, 0.2) is 0 Å². The zero-order valence-corrected chi connectivity index (χ0v) is 11.8. The van der Waals surface area contributed by atoms with Crippen LogP contribution < -0.4 is 0 Å². The van der Waals surface area contributed by atoms with E-state index in [2.05, 4.69) is 30.8 Å². The molecule has 1 saturated heterocycles. The number of rotatable bonds is 8. The molecular formula is C13H26N2O3. The minimum absolute atomic E-state index is 0.354. The fraction of sp³-hybridized carbons (Fsp3) is 0.923. The van der Waals surface area contributed by atoms with Gasteiger partial charge in [0.2, 0.25) is 0 Å². The molecular weight excluding hydrogens is 232 g/mol. The highest BCUT2D eigenvalue weighted by atomic mass is 16.5. The van der Waals surface area contributed by atoms with E-state index in [9.17, 15) is 9.90 Å². The Morgan fingerprint density at radius 2 is 2.11 bits per heavy atom. The monoisotopic (exact) mass is 258 g/mol. The lowest BCUT2D eigenvalue weighted by Crippen LogP contribution is -2.44. The van der Waals surface area contributed by atoms with Crippen LogP contribution in [0.25, 0.3) is 0 Å². The third-order valence-electron chi connectivity index (χ3n) is 3.61. The Balaban J connectivity index is 2.47. The SMILES string of the molecule is CCN(CCCN(C)C)CC1(C(=O)O)CCOC1. The fourth-order valence-corrected chi connectivity index (χ4v) is 2.36. The van der Waals surface area contributed by atoms with E-state index >= 15 is 0 Å². The fourth-order valence-electron chi connectivity index (χ4n) is 2.36. The summed E-state index contributed by atoms with van der Waals surface area (Å²) in [5.41, 5.74) is -0.686. The predicted molar refractivity (Wildman–Crippen MR) is 70.8 cm³/mol. The van der Waals surface area contributed by atoms with Gasteiger partial charge >= 0.3 is 5.97 Å². The lowest BCUT2D eigenvalue weighted by Gasteiger charge is -2.30. The molecule has 0 aliphatic carbocycles. The van der Waals surface area contributed by atoms with E-state index in [1.165, 1.54) is 0 Å². The van der Waals surface area contributed by atoms with Crippen molar-refractivity contribution in [3.8, 4) is 0 Å². The normalized spacial score (nSPS) is 24.1. The van der Waals surface area contributed by atoms with E-state index in [4.69, 9.17) is 4.74 Å². The predicted octanol–water partition coefficient (Wildman–Crippen LogP) is 0.751. The first-order valence-corrected chi connectivity index (χ1v) is 6.68. The summed E-state index contributed by atoms with van der Waals surface area (Å²) in [7, 11) is 4.11. The van der Waals surface area contributed by atoms with E-state index in [0.29, 0.717) is 26.2 Å². The smallest absolute Gasteiger partial charge is 0.313 e. The molecule has 1 aliphatic rings. The summed E-state index contributed by atoms with van der Waals surface area (Å²) >= 11 is 0. The highest BCUT2D eigenvalue weighted by Gasteiger charge is 2.43. The minimum Gasteiger partial charge on any atom is -0.481 e. The highest BCUT2D eigenvalue weighted by molar-refractivity contribution is 5.75. The molecule has 1 unspecified atom stereocenters. The van der Waals surface area contributed by atoms with Crippen LogP contribution in [0.3, 0.4) is 0 Å². The maximum absolute atomic E-state index is 11.4. The minimum atomic E-state index is -0.717. The van der Waals surface area contributed by atoms with Crippen LogP contribution in [0, 0.1) is 5.41 Å². The Morgan fingerprint density at radius 3 is 2.56 bits per heavy atom. The molecule has 1 heterocycles. The Hall–Kier alpha value is -0.650. The molecule has 1 aliphatic heterocycles. The Kier molecular flexibility index (Phi) is 6.05. The van der Waals surface area contributed by atoms with E-state index in [1.54, 1.807) is 0 Å². The van der Waals surface area contributed by atoms with Gasteiger partial charge in [-0.25, -0.2) is 0 Å². The van der Waals surface area contributed by atoms with Crippen LogP contribution >= 0.6 is 0 Å². The van der Waals surface area contributed by atoms with Crippen molar-refractivity contribution in [3.05, 3.63) is 0 Å². The van der Waals surface area contributed by atoms with Crippen molar-refractivity contribution < 1.29 is 14.6 Å². The van der Waals surface area contributed by atoms with Crippen LogP contribution in [0.1, 0.15) is 19.8 Å². The lowest BCUT2D eigenvalue weighted by atomic mass is 9.86. The molecule has 5 nitrogen and oxygen atoms in total. The average Bonchev–Trinajstić information content (AvgIpc) is 2.77. The van der Waals surface area contributed by atoms with Gasteiger partial charge in [0.05, 0.1) is 6.61 Å². The van der Waals surface area contributed by atoms with Crippen LogP contribution in [0.2, 0.25) is 0 Å². The molecule has 0 amide bonds. The molecule has 0 radical (unpaired) electrons. The summed E-state index contributed by atoms with van der Waals surface area (Å²) in [6.45, 7) is 6.49. The summed E-state index contributed by atoms with van der Waals surface area (Å²) in [6, 6.07) is 0. The van der Waals surface area contributed by atoms with Gasteiger partial charge in [-0.1, -0.05) is 6.92 Å². The van der Waals surface area contributed by atoms with Crippen molar-refractivity contribution in [3.63, 3.8) is 0 Å². The Labute approximate surface area is 110 Å². The number of hydrogen-bond donors (Lipinski definition) is 1. The molecule has 1 fully saturated rings. The molecule has 0 spiro atoms. The van der Waals surface area contributed by atoms with Gasteiger partial charge in [0.25, 0.3) is 0 Å². The van der Waals surface area contributed by atoms with Gasteiger partial charge in [-0.05, 0) is 46.6 Å². The first kappa shape index (κ1) is 15.4. The standard InChI is InChI=1S/C13H26N2O3/c1-4-15(8-5-7-14(2)3)10-13(12(16)17)6-9-18-11-13/h4-11H2,1-3H3,(H,16,17). The number of carboxylic acid groups (broad SMARTS) is 1. The maximum atomic E-state index is 11.4. The zero-order valence-electron chi connectivity index (χ0n) is 11.8. The van der Waals surface area contributed by atoms with Crippen molar-refractivity contribution in [1.29, 1.82) is 0 Å². The second-order valence-electron chi connectivity index (χ2n) is 5.41. The van der Waals surface area contributed by atoms with Crippen molar-refractivity contribution in [2.24, 2.45) is 5.41 Å². The molecule has 0 saturated carbocycles. The Morgan fingerprint density at radius 1 is 1.39 bits per heavy atom. The maximum Gasteiger partial charge on any atom is 0.313 e. The van der Waals surface area contributed by atoms with Crippen LogP contribution in [-0.4, -0.2) is 74.4 Å². The number of nitrogens with zero attached hydrogens (tertiary/aromatic N) is 2. The molecule has 5 heteroatoms. The number of aliphatic carboxylic acids is 1. The summed E-state index contributed by atoms with van der Waals surface area (Å²) in [6.07, 6.45) is 1.70. The summed E-state index contributed by atoms with van der Waals surface area (Å²) in [4.78, 5) is 15.8. The quantitative estimate of drug-likeness (QED) is 0.696. The van der Waals surface area contributed by atoms with Crippen LogP contribution in [0.4, 0.5) is 0 Å². The average molecular weight is 258 g/mol. The third-order valence-corrected chi connectivity index (χ3v) is 3.61. The van der Waals surface area contributed by atoms with Gasteiger partial charge in [-0.2, -0.15) is 0 Å². The van der Waals surface area contributed by atoms with Crippen molar-refractivity contribution in [2.75, 3.05) is 53.5 Å². The van der Waals surface area contributed by atoms with Crippen molar-refractivity contribution in [1.82, 2.24) is 9.80 Å². The molecule has 0 aromatic heterocycles. The topological polar surface area (TPSA) is 53.0 Å². The number of hydrogen-bond acceptors (Lipinski definition) is 4. The van der Waals surface area contributed by atoms with E-state index in [-0.39, 0.29) is 0 Å². The highest BCUT2D eigenvalue weighted by Crippen LogP contribution is 2.30. The van der Waals surface area contributed by atoms with Crippen LogP contribution in [-0.2, 0) is 9.53 Å². The van der Waals surface area contributed by atoms with Gasteiger partial charge in [-0.3, -0.25) is 4.79 Å². The molecule has 1 rings (SSSR count). The second-order valence-corrected chi connectivity index (χ2v) is 5.41. The third kappa shape index (κ3) is 4.23. The van der Waals surface area contributed by atoms with E-state index in [1.807, 2.05) is 0 Å². The van der Waals surface area contributed by atoms with Crippen molar-refractivity contribution in [2.45, 2.75) is 19.8 Å². The van der Waals surface area contributed by atoms with Gasteiger partial charge in [0, 0.05) is 13.2 Å². The van der Waals surface area contributed by atoms with Crippen molar-refractivity contribution >= 4 is 5.97 Å². The summed E-state index contributed by atoms with van der Waals surface area (Å²) in [5, 5.41) is 9.41. The van der Waals surface area contributed by atoms with Gasteiger partial charge in [-0.15, -0.1) is 0 Å². The van der Waals surface area contributed by atoms with Gasteiger partial charge < -0.3 is 19.6 Å². The first-order chi connectivity index (χ1) is 8.50. The first-order valence-electron chi connectivity index (χ1n) is 6.68. The van der Waals surface area contributed by atoms with E-state index < -0.39 is 11.4 Å². The molecule has 18 heavy (non-hydrogen) atoms. The number of carboxylic acids is 1. The second kappa shape index (κ2) is 7.07. The largest absolute Gasteiger partial charge is 0.481 e. The molecule has 0 aromatic rings. The molecule has 0 aromatic carbocycles. The van der Waals surface area contributed by atoms with Gasteiger partial charge in [0.1, 0.15) is 5.41 Å². The van der Waals surface area contributed by atoms with Crippen LogP contribution in [0.5, 0.6) is 0 Å². The molecule has 106 valence electrons. The Bertz CT molecular complexity index is 263. The lowest BCUT2D eigenvalue weighted by molar-refractivity contribution is -0.150. The van der Waals surface area contributed by atoms with E-state index in [0.717, 1.165) is 26.1 Å². The summed E-state index contributed by atoms with van der Waals surface area (Å²) in [5.74, 6) is -0.717. The van der Waals surface area contributed by atoms with Crippen LogP contribution in [0.15, 0.2) is 0 Å². The molecule has 0 bridgehead atoms. The number of carbonyl (C=O) groups is 1. The molecule has 1 atom stereocenters.